The topological polar surface area (TPSA) is 63.3 Å². The highest BCUT2D eigenvalue weighted by Gasteiger charge is 2.63. The molecule has 3 nitrogen and oxygen atoms in total. The molecule has 16 heavy (non-hydrogen) atoms. The number of alkyl halides is 3. The maximum Gasteiger partial charge on any atom is 0.317 e. The van der Waals surface area contributed by atoms with Crippen LogP contribution >= 0.6 is 0 Å². The predicted octanol–water partition coefficient (Wildman–Crippen LogP) is 1.85. The summed E-state index contributed by atoms with van der Waals surface area (Å²) in [5.74, 6) is -1.77. The highest BCUT2D eigenvalue weighted by Crippen LogP contribution is 2.43. The normalized spacial score (nSPS) is 25.0. The summed E-state index contributed by atoms with van der Waals surface area (Å²) in [4.78, 5) is 11.1. The molecule has 0 rings (SSSR count). The number of carbonyl (C=O) groups is 1. The summed E-state index contributed by atoms with van der Waals surface area (Å²) >= 11 is 0. The minimum absolute atomic E-state index is 0.873. The van der Waals surface area contributed by atoms with Gasteiger partial charge in [0.25, 0.3) is 0 Å². The van der Waals surface area contributed by atoms with Gasteiger partial charge < -0.3 is 10.8 Å². The molecular weight excluding hydrogens is 223 g/mol. The third kappa shape index (κ3) is 1.90. The van der Waals surface area contributed by atoms with E-state index in [1.165, 1.54) is 0 Å². The van der Waals surface area contributed by atoms with Gasteiger partial charge in [0.1, 0.15) is 23.9 Å². The Bertz CT molecular complexity index is 257. The van der Waals surface area contributed by atoms with Crippen molar-refractivity contribution in [3.05, 3.63) is 0 Å². The summed E-state index contributed by atoms with van der Waals surface area (Å²) in [6.07, 6.45) is -6.09. The van der Waals surface area contributed by atoms with Gasteiger partial charge in [0, 0.05) is 0 Å². The zero-order chi connectivity index (χ0) is 13.3. The summed E-state index contributed by atoms with van der Waals surface area (Å²) in [7, 11) is 0. The molecule has 0 aliphatic carbocycles. The Labute approximate surface area is 92.8 Å². The Balaban J connectivity index is 5.82. The largest absolute Gasteiger partial charge is 0.481 e. The zero-order valence-electron chi connectivity index (χ0n) is 9.80. The molecule has 0 saturated carbocycles. The molecule has 0 aliphatic heterocycles. The number of carboxylic acid groups (broad SMARTS) is 1. The van der Waals surface area contributed by atoms with Gasteiger partial charge in [-0.15, -0.1) is 0 Å². The third-order valence-electron chi connectivity index (χ3n) is 3.33. The predicted molar refractivity (Wildman–Crippen MR) is 54.4 cm³/mol. The fourth-order valence-electron chi connectivity index (χ4n) is 2.07. The molecule has 0 heterocycles. The number of aliphatic carboxylic acids is 1. The van der Waals surface area contributed by atoms with Gasteiger partial charge in [0.15, 0.2) is 0 Å². The fraction of sp³-hybridized carbons (Fsp3) is 0.900. The standard InChI is InChI=1S/C10H18F3NO2/c1-5(11)9(4,14)10(6(2)12,7(3)13)8(15)16/h5-7H,14H2,1-4H3,(H,15,16). The van der Waals surface area contributed by atoms with Crippen LogP contribution < -0.4 is 5.73 Å². The minimum atomic E-state index is -2.60. The summed E-state index contributed by atoms with van der Waals surface area (Å²) < 4.78 is 40.4. The Hall–Kier alpha value is -0.780. The molecule has 0 aromatic rings. The summed E-state index contributed by atoms with van der Waals surface area (Å²) in [6.45, 7) is 3.75. The average molecular weight is 241 g/mol. The molecule has 0 aromatic carbocycles. The number of nitrogens with two attached hydrogens (primary N) is 1. The monoisotopic (exact) mass is 241 g/mol. The zero-order valence-corrected chi connectivity index (χ0v) is 9.80. The first-order valence-electron chi connectivity index (χ1n) is 4.97. The average Bonchev–Trinajstić information content (AvgIpc) is 2.00. The Morgan fingerprint density at radius 1 is 1.12 bits per heavy atom. The van der Waals surface area contributed by atoms with E-state index in [1.54, 1.807) is 0 Å². The second-order valence-electron chi connectivity index (χ2n) is 4.30. The molecule has 0 bridgehead atoms. The third-order valence-corrected chi connectivity index (χ3v) is 3.33. The van der Waals surface area contributed by atoms with E-state index in [1.807, 2.05) is 0 Å². The number of rotatable bonds is 5. The summed E-state index contributed by atoms with van der Waals surface area (Å²) in [6, 6.07) is 0. The lowest BCUT2D eigenvalue weighted by Gasteiger charge is -2.46. The first kappa shape index (κ1) is 15.2. The van der Waals surface area contributed by atoms with E-state index in [-0.39, 0.29) is 0 Å². The van der Waals surface area contributed by atoms with Crippen LogP contribution in [0, 0.1) is 5.41 Å². The van der Waals surface area contributed by atoms with Crippen LogP contribution in [0.5, 0.6) is 0 Å². The van der Waals surface area contributed by atoms with Crippen LogP contribution in [0.15, 0.2) is 0 Å². The van der Waals surface area contributed by atoms with Crippen LogP contribution in [0.3, 0.4) is 0 Å². The van der Waals surface area contributed by atoms with Gasteiger partial charge in [-0.3, -0.25) is 4.79 Å². The summed E-state index contributed by atoms with van der Waals surface area (Å²) in [5, 5.41) is 9.02. The molecule has 3 N–H and O–H groups in total. The maximum absolute atomic E-state index is 13.5. The van der Waals surface area contributed by atoms with Crippen LogP contribution in [-0.4, -0.2) is 35.1 Å². The lowest BCUT2D eigenvalue weighted by atomic mass is 9.63. The van der Waals surface area contributed by atoms with Crippen molar-refractivity contribution >= 4 is 5.97 Å². The van der Waals surface area contributed by atoms with Crippen molar-refractivity contribution in [3.63, 3.8) is 0 Å². The SMILES string of the molecule is CC(F)C(C)(N)C(C(=O)O)(C(C)F)C(C)F. The van der Waals surface area contributed by atoms with Crippen molar-refractivity contribution in [2.45, 2.75) is 51.7 Å². The van der Waals surface area contributed by atoms with E-state index in [0.29, 0.717) is 0 Å². The maximum atomic E-state index is 13.5. The molecule has 0 saturated heterocycles. The molecule has 0 aliphatic rings. The van der Waals surface area contributed by atoms with Crippen molar-refractivity contribution in [3.8, 4) is 0 Å². The van der Waals surface area contributed by atoms with Crippen molar-refractivity contribution in [2.75, 3.05) is 0 Å². The van der Waals surface area contributed by atoms with Gasteiger partial charge in [0.2, 0.25) is 0 Å². The Morgan fingerprint density at radius 2 is 1.44 bits per heavy atom. The van der Waals surface area contributed by atoms with Crippen LogP contribution in [0.1, 0.15) is 27.7 Å². The van der Waals surface area contributed by atoms with Gasteiger partial charge in [0.05, 0.1) is 5.54 Å². The Morgan fingerprint density at radius 3 is 1.50 bits per heavy atom. The molecule has 4 atom stereocenters. The summed E-state index contributed by atoms with van der Waals surface area (Å²) in [5.41, 5.74) is 0.772. The number of carboxylic acids is 1. The van der Waals surface area contributed by atoms with Crippen molar-refractivity contribution < 1.29 is 23.1 Å². The molecule has 0 fully saturated rings. The van der Waals surface area contributed by atoms with Gasteiger partial charge in [-0.25, -0.2) is 13.2 Å². The lowest BCUT2D eigenvalue weighted by Crippen LogP contribution is -2.69. The first-order valence-corrected chi connectivity index (χ1v) is 4.97. The van der Waals surface area contributed by atoms with Gasteiger partial charge in [-0.1, -0.05) is 0 Å². The number of hydrogen-bond acceptors (Lipinski definition) is 2. The second-order valence-corrected chi connectivity index (χ2v) is 4.30. The van der Waals surface area contributed by atoms with Crippen LogP contribution in [0.2, 0.25) is 0 Å². The van der Waals surface area contributed by atoms with Crippen LogP contribution in [0.25, 0.3) is 0 Å². The number of halogens is 3. The molecular formula is C10H18F3NO2. The van der Waals surface area contributed by atoms with Crippen molar-refractivity contribution in [1.82, 2.24) is 0 Å². The van der Waals surface area contributed by atoms with E-state index in [0.717, 1.165) is 27.7 Å². The minimum Gasteiger partial charge on any atom is -0.481 e. The highest BCUT2D eigenvalue weighted by atomic mass is 19.1. The Kier molecular flexibility index (Phi) is 4.38. The van der Waals surface area contributed by atoms with E-state index >= 15 is 0 Å². The van der Waals surface area contributed by atoms with Crippen molar-refractivity contribution in [1.29, 1.82) is 0 Å². The fourth-order valence-corrected chi connectivity index (χ4v) is 2.07. The van der Waals surface area contributed by atoms with E-state index < -0.39 is 35.4 Å². The van der Waals surface area contributed by atoms with E-state index in [4.69, 9.17) is 10.8 Å². The lowest BCUT2D eigenvalue weighted by molar-refractivity contribution is -0.169. The highest BCUT2D eigenvalue weighted by molar-refractivity contribution is 5.78. The van der Waals surface area contributed by atoms with Crippen LogP contribution in [-0.2, 0) is 4.79 Å². The van der Waals surface area contributed by atoms with Gasteiger partial charge >= 0.3 is 5.97 Å². The second kappa shape index (κ2) is 4.61. The molecule has 0 spiro atoms. The first-order chi connectivity index (χ1) is 7.02. The molecule has 4 unspecified atom stereocenters. The van der Waals surface area contributed by atoms with E-state index in [9.17, 15) is 18.0 Å². The quantitative estimate of drug-likeness (QED) is 0.772. The molecule has 96 valence electrons. The molecule has 0 aromatic heterocycles. The van der Waals surface area contributed by atoms with Gasteiger partial charge in [-0.2, -0.15) is 0 Å². The van der Waals surface area contributed by atoms with Crippen molar-refractivity contribution in [2.24, 2.45) is 11.1 Å². The smallest absolute Gasteiger partial charge is 0.317 e. The van der Waals surface area contributed by atoms with E-state index in [2.05, 4.69) is 0 Å². The van der Waals surface area contributed by atoms with Crippen LogP contribution in [0.4, 0.5) is 13.2 Å². The number of hydrogen-bond donors (Lipinski definition) is 2. The molecule has 6 heteroatoms. The molecule has 0 radical (unpaired) electrons. The molecule has 0 amide bonds. The van der Waals surface area contributed by atoms with Gasteiger partial charge in [-0.05, 0) is 27.7 Å².